The number of H-pyrrole nitrogens is 1. The summed E-state index contributed by atoms with van der Waals surface area (Å²) in [6, 6.07) is 23.3. The Morgan fingerprint density at radius 2 is 1.90 bits per heavy atom. The van der Waals surface area contributed by atoms with Crippen LogP contribution in [0.25, 0.3) is 10.9 Å². The van der Waals surface area contributed by atoms with Crippen molar-refractivity contribution in [3.63, 3.8) is 0 Å². The van der Waals surface area contributed by atoms with Crippen molar-refractivity contribution < 1.29 is 9.53 Å². The van der Waals surface area contributed by atoms with Crippen molar-refractivity contribution in [2.75, 3.05) is 13.2 Å². The van der Waals surface area contributed by atoms with Crippen molar-refractivity contribution in [3.05, 3.63) is 100 Å². The van der Waals surface area contributed by atoms with Gasteiger partial charge in [0.15, 0.2) is 0 Å². The minimum atomic E-state index is -0.210. The number of nitrogens with zero attached hydrogens (tertiary/aromatic N) is 1. The number of amides is 1. The summed E-state index contributed by atoms with van der Waals surface area (Å²) in [7, 11) is 0. The fourth-order valence-corrected chi connectivity index (χ4v) is 4.70. The Bertz CT molecular complexity index is 1250. The number of para-hydroxylation sites is 1. The van der Waals surface area contributed by atoms with Crippen LogP contribution in [0.2, 0.25) is 5.02 Å². The summed E-state index contributed by atoms with van der Waals surface area (Å²) in [6.07, 6.45) is 0.805. The molecule has 0 bridgehead atoms. The van der Waals surface area contributed by atoms with Crippen molar-refractivity contribution in [2.45, 2.75) is 19.4 Å². The molecule has 0 unspecified atom stereocenters. The van der Waals surface area contributed by atoms with E-state index in [1.54, 1.807) is 12.1 Å². The highest BCUT2D eigenvalue weighted by Crippen LogP contribution is 2.39. The van der Waals surface area contributed by atoms with Crippen LogP contribution < -0.4 is 4.74 Å². The third-order valence-corrected chi connectivity index (χ3v) is 6.11. The Morgan fingerprint density at radius 3 is 2.68 bits per heavy atom. The number of ether oxygens (including phenoxy) is 1. The molecule has 31 heavy (non-hydrogen) atoms. The molecule has 0 saturated carbocycles. The van der Waals surface area contributed by atoms with Gasteiger partial charge in [-0.1, -0.05) is 48.0 Å². The van der Waals surface area contributed by atoms with Gasteiger partial charge in [-0.15, -0.1) is 0 Å². The molecule has 1 aromatic heterocycles. The lowest BCUT2D eigenvalue weighted by Crippen LogP contribution is -2.40. The highest BCUT2D eigenvalue weighted by molar-refractivity contribution is 6.31. The molecule has 4 aromatic rings. The van der Waals surface area contributed by atoms with Gasteiger partial charge in [-0.25, -0.2) is 0 Å². The number of hydrogen-bond donors (Lipinski definition) is 1. The van der Waals surface area contributed by atoms with Crippen LogP contribution in [0, 0.1) is 0 Å². The molecule has 4 nitrogen and oxygen atoms in total. The fourth-order valence-electron chi connectivity index (χ4n) is 4.51. The maximum atomic E-state index is 13.6. The van der Waals surface area contributed by atoms with Crippen molar-refractivity contribution in [2.24, 2.45) is 0 Å². The number of benzene rings is 3. The Labute approximate surface area is 186 Å². The molecular weight excluding hydrogens is 408 g/mol. The number of fused-ring (bicyclic) bond motifs is 3. The molecule has 5 rings (SSSR count). The van der Waals surface area contributed by atoms with Crippen molar-refractivity contribution >= 4 is 28.4 Å². The third kappa shape index (κ3) is 3.57. The molecule has 3 aromatic carbocycles. The van der Waals surface area contributed by atoms with Crippen LogP contribution in [0.1, 0.15) is 40.1 Å². The van der Waals surface area contributed by atoms with E-state index in [1.165, 1.54) is 10.9 Å². The average molecular weight is 431 g/mol. The first kappa shape index (κ1) is 19.7. The molecule has 5 heteroatoms. The molecule has 0 fully saturated rings. The molecule has 0 spiro atoms. The number of aromatic nitrogens is 1. The molecule has 1 amide bonds. The number of halogens is 1. The van der Waals surface area contributed by atoms with E-state index in [2.05, 4.69) is 35.3 Å². The number of rotatable bonds is 4. The zero-order valence-corrected chi connectivity index (χ0v) is 18.0. The Kier molecular flexibility index (Phi) is 5.16. The van der Waals surface area contributed by atoms with E-state index >= 15 is 0 Å². The van der Waals surface area contributed by atoms with Crippen LogP contribution in [0.4, 0.5) is 0 Å². The van der Waals surface area contributed by atoms with Crippen LogP contribution in [0.15, 0.2) is 72.8 Å². The number of hydrogen-bond acceptors (Lipinski definition) is 2. The van der Waals surface area contributed by atoms with Crippen molar-refractivity contribution in [1.82, 2.24) is 9.88 Å². The third-order valence-electron chi connectivity index (χ3n) is 5.87. The van der Waals surface area contributed by atoms with E-state index in [4.69, 9.17) is 16.3 Å². The van der Waals surface area contributed by atoms with Crippen LogP contribution in [0.3, 0.4) is 0 Å². The fraction of sp³-hybridized carbons (Fsp3) is 0.192. The Balaban J connectivity index is 1.63. The summed E-state index contributed by atoms with van der Waals surface area (Å²) in [6.45, 7) is 3.23. The second kappa shape index (κ2) is 8.12. The summed E-state index contributed by atoms with van der Waals surface area (Å²) in [5.74, 6) is 0.803. The standard InChI is InChI=1S/C26H23ClN2O2/c1-2-31-20-12-10-17(11-13-20)25-24-22(21-8-3-4-9-23(21)28-24)14-15-29(25)26(30)18-6-5-7-19(27)16-18/h3-13,16,25,28H,2,14-15H2,1H3/t25-/m1/s1. The second-order valence-electron chi connectivity index (χ2n) is 7.73. The topological polar surface area (TPSA) is 45.3 Å². The normalized spacial score (nSPS) is 15.7. The van der Waals surface area contributed by atoms with Gasteiger partial charge in [0, 0.05) is 33.7 Å². The minimum absolute atomic E-state index is 0.0225. The lowest BCUT2D eigenvalue weighted by molar-refractivity contribution is 0.0692. The lowest BCUT2D eigenvalue weighted by Gasteiger charge is -2.36. The van der Waals surface area contributed by atoms with Crippen LogP contribution in [0.5, 0.6) is 5.75 Å². The number of carbonyl (C=O) groups is 1. The SMILES string of the molecule is CCOc1ccc([C@@H]2c3[nH]c4ccccc4c3CCN2C(=O)c2cccc(Cl)c2)cc1. The van der Waals surface area contributed by atoms with Crippen LogP contribution in [-0.2, 0) is 6.42 Å². The van der Waals surface area contributed by atoms with E-state index < -0.39 is 0 Å². The molecule has 0 saturated heterocycles. The molecule has 1 aliphatic rings. The van der Waals surface area contributed by atoms with E-state index in [1.807, 2.05) is 42.2 Å². The number of nitrogens with one attached hydrogen (secondary N) is 1. The maximum Gasteiger partial charge on any atom is 0.254 e. The van der Waals surface area contributed by atoms with E-state index in [9.17, 15) is 4.79 Å². The van der Waals surface area contributed by atoms with Gasteiger partial charge in [0.25, 0.3) is 5.91 Å². The van der Waals surface area contributed by atoms with Gasteiger partial charge < -0.3 is 14.6 Å². The van der Waals surface area contributed by atoms with E-state index in [-0.39, 0.29) is 11.9 Å². The Hall–Kier alpha value is -3.24. The summed E-state index contributed by atoms with van der Waals surface area (Å²) < 4.78 is 5.62. The number of aromatic amines is 1. The molecule has 1 N–H and O–H groups in total. The molecule has 1 aliphatic heterocycles. The van der Waals surface area contributed by atoms with E-state index in [0.717, 1.165) is 28.9 Å². The molecular formula is C26H23ClN2O2. The first-order valence-corrected chi connectivity index (χ1v) is 10.9. The summed E-state index contributed by atoms with van der Waals surface area (Å²) >= 11 is 6.17. The monoisotopic (exact) mass is 430 g/mol. The molecule has 0 aliphatic carbocycles. The zero-order chi connectivity index (χ0) is 21.4. The van der Waals surface area contributed by atoms with Gasteiger partial charge in [-0.05, 0) is 60.9 Å². The first-order valence-electron chi connectivity index (χ1n) is 10.5. The zero-order valence-electron chi connectivity index (χ0n) is 17.3. The minimum Gasteiger partial charge on any atom is -0.494 e. The van der Waals surface area contributed by atoms with Gasteiger partial charge >= 0.3 is 0 Å². The quantitative estimate of drug-likeness (QED) is 0.431. The van der Waals surface area contributed by atoms with Gasteiger partial charge in [0.2, 0.25) is 0 Å². The molecule has 156 valence electrons. The van der Waals surface area contributed by atoms with Gasteiger partial charge in [-0.2, -0.15) is 0 Å². The van der Waals surface area contributed by atoms with Crippen LogP contribution in [-0.4, -0.2) is 28.9 Å². The molecule has 0 radical (unpaired) electrons. The highest BCUT2D eigenvalue weighted by Gasteiger charge is 2.35. The van der Waals surface area contributed by atoms with Gasteiger partial charge in [-0.3, -0.25) is 4.79 Å². The summed E-state index contributed by atoms with van der Waals surface area (Å²) in [4.78, 5) is 19.1. The largest absolute Gasteiger partial charge is 0.494 e. The predicted octanol–water partition coefficient (Wildman–Crippen LogP) is 6.01. The summed E-state index contributed by atoms with van der Waals surface area (Å²) in [5.41, 5.74) is 5.10. The first-order chi connectivity index (χ1) is 15.2. The molecule has 2 heterocycles. The van der Waals surface area contributed by atoms with Crippen molar-refractivity contribution in [3.8, 4) is 5.75 Å². The van der Waals surface area contributed by atoms with Crippen molar-refractivity contribution in [1.29, 1.82) is 0 Å². The summed E-state index contributed by atoms with van der Waals surface area (Å²) in [5, 5.41) is 1.79. The highest BCUT2D eigenvalue weighted by atomic mass is 35.5. The Morgan fingerprint density at radius 1 is 1.10 bits per heavy atom. The lowest BCUT2D eigenvalue weighted by atomic mass is 9.91. The van der Waals surface area contributed by atoms with E-state index in [0.29, 0.717) is 23.7 Å². The smallest absolute Gasteiger partial charge is 0.254 e. The van der Waals surface area contributed by atoms with Crippen LogP contribution >= 0.6 is 11.6 Å². The second-order valence-corrected chi connectivity index (χ2v) is 8.16. The van der Waals surface area contributed by atoms with Gasteiger partial charge in [0.1, 0.15) is 5.75 Å². The maximum absolute atomic E-state index is 13.6. The predicted molar refractivity (Wildman–Crippen MR) is 124 cm³/mol. The average Bonchev–Trinajstić information content (AvgIpc) is 3.17. The number of carbonyl (C=O) groups excluding carboxylic acids is 1. The molecule has 1 atom stereocenters. The van der Waals surface area contributed by atoms with Gasteiger partial charge in [0.05, 0.1) is 12.6 Å².